The third kappa shape index (κ3) is 3.03. The summed E-state index contributed by atoms with van der Waals surface area (Å²) < 4.78 is 0.571. The summed E-state index contributed by atoms with van der Waals surface area (Å²) in [5.74, 6) is 0.156. The number of nitrogen functional groups attached to an aromatic ring is 1. The van der Waals surface area contributed by atoms with Gasteiger partial charge in [-0.2, -0.15) is 0 Å². The van der Waals surface area contributed by atoms with E-state index in [-0.39, 0.29) is 17.2 Å². The molecule has 0 bridgehead atoms. The Morgan fingerprint density at radius 1 is 1.20 bits per heavy atom. The van der Waals surface area contributed by atoms with Crippen molar-refractivity contribution in [3.63, 3.8) is 0 Å². The van der Waals surface area contributed by atoms with Gasteiger partial charge in [-0.15, -0.1) is 0 Å². The van der Waals surface area contributed by atoms with Crippen LogP contribution in [0.2, 0.25) is 0 Å². The van der Waals surface area contributed by atoms with Gasteiger partial charge in [0.2, 0.25) is 0 Å². The maximum absolute atomic E-state index is 10.7. The SMILES string of the molecule is Nc1cccc(O)c1C[AsH]c1cc([N+](=O)[O-])ccc1O. The minimum absolute atomic E-state index is 0.0459. The Kier molecular flexibility index (Phi) is 4.15. The Morgan fingerprint density at radius 2 is 1.95 bits per heavy atom. The van der Waals surface area contributed by atoms with Crippen LogP contribution in [0.1, 0.15) is 5.56 Å². The fourth-order valence-electron chi connectivity index (χ4n) is 1.75. The molecule has 0 aliphatic heterocycles. The third-order valence-corrected chi connectivity index (χ3v) is 5.59. The van der Waals surface area contributed by atoms with E-state index < -0.39 is 20.7 Å². The van der Waals surface area contributed by atoms with Crippen LogP contribution in [-0.4, -0.2) is 30.9 Å². The number of hydrogen-bond acceptors (Lipinski definition) is 5. The fraction of sp³-hybridized carbons (Fsp3) is 0.0769. The molecule has 7 heteroatoms. The van der Waals surface area contributed by atoms with Crippen LogP contribution in [-0.2, 0) is 5.21 Å². The van der Waals surface area contributed by atoms with Gasteiger partial charge in [-0.1, -0.05) is 0 Å². The van der Waals surface area contributed by atoms with E-state index in [1.54, 1.807) is 18.2 Å². The molecule has 0 heterocycles. The molecule has 0 radical (unpaired) electrons. The first kappa shape index (κ1) is 14.2. The number of hydrogen-bond donors (Lipinski definition) is 3. The number of aromatic hydroxyl groups is 2. The van der Waals surface area contributed by atoms with E-state index in [4.69, 9.17) is 5.73 Å². The molecule has 1 atom stereocenters. The molecule has 0 aliphatic rings. The Balaban J connectivity index is 2.23. The fourth-order valence-corrected chi connectivity index (χ4v) is 4.41. The van der Waals surface area contributed by atoms with Gasteiger partial charge in [-0.25, -0.2) is 0 Å². The molecule has 2 aromatic carbocycles. The summed E-state index contributed by atoms with van der Waals surface area (Å²) >= 11 is -0.892. The number of benzene rings is 2. The Labute approximate surface area is 121 Å². The van der Waals surface area contributed by atoms with Crippen LogP contribution >= 0.6 is 0 Å². The summed E-state index contributed by atoms with van der Waals surface area (Å²) in [4.78, 5) is 10.2. The molecule has 0 aromatic heterocycles. The molecule has 4 N–H and O–H groups in total. The summed E-state index contributed by atoms with van der Waals surface area (Å²) in [5.41, 5.74) is 6.85. The Bertz CT molecular complexity index is 641. The molecule has 0 fully saturated rings. The molecule has 0 saturated carbocycles. The second kappa shape index (κ2) is 5.84. The molecule has 2 aromatic rings. The second-order valence-corrected chi connectivity index (χ2v) is 6.77. The first-order chi connectivity index (χ1) is 9.49. The van der Waals surface area contributed by atoms with E-state index in [1.165, 1.54) is 18.2 Å². The van der Waals surface area contributed by atoms with Crippen LogP contribution in [0, 0.1) is 10.1 Å². The predicted octanol–water partition coefficient (Wildman–Crippen LogP) is 0.850. The number of anilines is 1. The summed E-state index contributed by atoms with van der Waals surface area (Å²) in [7, 11) is 0. The third-order valence-electron chi connectivity index (χ3n) is 2.83. The summed E-state index contributed by atoms with van der Waals surface area (Å²) in [5, 5.41) is 30.7. The van der Waals surface area contributed by atoms with Gasteiger partial charge in [0, 0.05) is 0 Å². The number of non-ortho nitro benzene ring substituents is 1. The van der Waals surface area contributed by atoms with Gasteiger partial charge in [-0.3, -0.25) is 0 Å². The average Bonchev–Trinajstić information content (AvgIpc) is 2.39. The maximum atomic E-state index is 10.7. The molecule has 6 nitrogen and oxygen atoms in total. The van der Waals surface area contributed by atoms with Gasteiger partial charge in [0.25, 0.3) is 0 Å². The van der Waals surface area contributed by atoms with Crippen molar-refractivity contribution in [3.05, 3.63) is 52.1 Å². The molecule has 104 valence electrons. The summed E-state index contributed by atoms with van der Waals surface area (Å²) in [6.07, 6.45) is 0. The van der Waals surface area contributed by atoms with Crippen molar-refractivity contribution in [1.82, 2.24) is 0 Å². The van der Waals surface area contributed by atoms with Crippen molar-refractivity contribution in [2.24, 2.45) is 0 Å². The number of nitro groups is 1. The molecule has 0 spiro atoms. The van der Waals surface area contributed by atoms with Crippen LogP contribution < -0.4 is 10.1 Å². The molecular weight excluding hydrogens is 323 g/mol. The van der Waals surface area contributed by atoms with Crippen molar-refractivity contribution in [2.75, 3.05) is 5.73 Å². The van der Waals surface area contributed by atoms with E-state index in [2.05, 4.69) is 0 Å². The number of nitrogens with zero attached hydrogens (tertiary/aromatic N) is 1. The van der Waals surface area contributed by atoms with Crippen LogP contribution in [0.25, 0.3) is 0 Å². The van der Waals surface area contributed by atoms with Crippen molar-refractivity contribution >= 4 is 31.5 Å². The van der Waals surface area contributed by atoms with Gasteiger partial charge in [-0.05, 0) is 0 Å². The van der Waals surface area contributed by atoms with Gasteiger partial charge in [0.1, 0.15) is 0 Å². The normalized spacial score (nSPS) is 11.0. The second-order valence-electron chi connectivity index (χ2n) is 4.16. The van der Waals surface area contributed by atoms with Crippen molar-refractivity contribution < 1.29 is 15.1 Å². The van der Waals surface area contributed by atoms with Crippen LogP contribution in [0.3, 0.4) is 0 Å². The summed E-state index contributed by atoms with van der Waals surface area (Å²) in [6, 6.07) is 8.86. The quantitative estimate of drug-likeness (QED) is 0.332. The van der Waals surface area contributed by atoms with Crippen LogP contribution in [0.5, 0.6) is 11.5 Å². The van der Waals surface area contributed by atoms with E-state index in [0.29, 0.717) is 20.8 Å². The molecular formula is C13H13AsN2O4. The van der Waals surface area contributed by atoms with Gasteiger partial charge >= 0.3 is 121 Å². The first-order valence-electron chi connectivity index (χ1n) is 5.76. The van der Waals surface area contributed by atoms with Gasteiger partial charge in [0.15, 0.2) is 0 Å². The van der Waals surface area contributed by atoms with Crippen LogP contribution in [0.15, 0.2) is 36.4 Å². The molecule has 0 saturated heterocycles. The molecule has 0 amide bonds. The zero-order chi connectivity index (χ0) is 14.7. The Morgan fingerprint density at radius 3 is 2.60 bits per heavy atom. The number of nitrogens with two attached hydrogens (primary N) is 1. The topological polar surface area (TPSA) is 110 Å². The first-order valence-corrected chi connectivity index (χ1v) is 8.30. The van der Waals surface area contributed by atoms with Gasteiger partial charge in [0.05, 0.1) is 0 Å². The standard InChI is InChI=1S/C13H13AsN2O4/c15-11-2-1-3-12(17)9(11)7-14-10-6-8(16(19)20)4-5-13(10)18/h1-6,14,17-18H,7,15H2. The van der Waals surface area contributed by atoms with E-state index in [0.717, 1.165) is 0 Å². The van der Waals surface area contributed by atoms with Crippen molar-refractivity contribution in [1.29, 1.82) is 0 Å². The van der Waals surface area contributed by atoms with Crippen LogP contribution in [0.4, 0.5) is 11.4 Å². The molecule has 20 heavy (non-hydrogen) atoms. The summed E-state index contributed by atoms with van der Waals surface area (Å²) in [6.45, 7) is 0. The minimum atomic E-state index is -0.892. The van der Waals surface area contributed by atoms with Gasteiger partial charge < -0.3 is 0 Å². The number of phenolic OH excluding ortho intramolecular Hbond substituents is 2. The van der Waals surface area contributed by atoms with Crippen molar-refractivity contribution in [2.45, 2.75) is 5.21 Å². The zero-order valence-corrected chi connectivity index (χ0v) is 12.5. The van der Waals surface area contributed by atoms with E-state index in [1.807, 2.05) is 0 Å². The Hall–Kier alpha value is -2.20. The molecule has 2 rings (SSSR count). The van der Waals surface area contributed by atoms with E-state index >= 15 is 0 Å². The van der Waals surface area contributed by atoms with Crippen molar-refractivity contribution in [3.8, 4) is 11.5 Å². The predicted molar refractivity (Wildman–Crippen MR) is 77.8 cm³/mol. The zero-order valence-electron chi connectivity index (χ0n) is 10.4. The van der Waals surface area contributed by atoms with E-state index in [9.17, 15) is 20.3 Å². The number of rotatable bonds is 4. The molecule has 1 unspecified atom stereocenters. The number of phenols is 2. The molecule has 0 aliphatic carbocycles. The monoisotopic (exact) mass is 336 g/mol. The number of nitro benzene ring substituents is 1. The average molecular weight is 336 g/mol.